The summed E-state index contributed by atoms with van der Waals surface area (Å²) in [5.74, 6) is 1.63. The van der Waals surface area contributed by atoms with Crippen LogP contribution in [0, 0.1) is 5.92 Å². The molecule has 4 heteroatoms. The highest BCUT2D eigenvalue weighted by molar-refractivity contribution is 8.00. The first kappa shape index (κ1) is 13.3. The van der Waals surface area contributed by atoms with Gasteiger partial charge in [-0.1, -0.05) is 11.6 Å². The molecule has 2 aliphatic rings. The van der Waals surface area contributed by atoms with Crippen LogP contribution >= 0.6 is 23.4 Å². The summed E-state index contributed by atoms with van der Waals surface area (Å²) < 4.78 is 0. The zero-order chi connectivity index (χ0) is 13.2. The Balaban J connectivity index is 1.52. The van der Waals surface area contributed by atoms with Crippen molar-refractivity contribution >= 4 is 29.3 Å². The van der Waals surface area contributed by atoms with Crippen LogP contribution in [0.25, 0.3) is 0 Å². The number of benzene rings is 1. The molecule has 3 rings (SSSR count). The molecule has 2 nitrogen and oxygen atoms in total. The number of rotatable bonds is 6. The van der Waals surface area contributed by atoms with Gasteiger partial charge in [0.25, 0.3) is 0 Å². The molecule has 0 bridgehead atoms. The third-order valence-electron chi connectivity index (χ3n) is 3.64. The number of carbonyl (C=O) groups is 1. The van der Waals surface area contributed by atoms with Gasteiger partial charge >= 0.3 is 0 Å². The van der Waals surface area contributed by atoms with Crippen LogP contribution in [0.2, 0.25) is 5.02 Å². The second-order valence-electron chi connectivity index (χ2n) is 5.46. The van der Waals surface area contributed by atoms with Gasteiger partial charge in [0.1, 0.15) is 0 Å². The highest BCUT2D eigenvalue weighted by atomic mass is 35.5. The summed E-state index contributed by atoms with van der Waals surface area (Å²) in [5.41, 5.74) is 0. The number of thioether (sulfide) groups is 1. The number of amides is 1. The Morgan fingerprint density at radius 1 is 1.21 bits per heavy atom. The van der Waals surface area contributed by atoms with E-state index in [0.29, 0.717) is 17.7 Å². The van der Waals surface area contributed by atoms with Crippen molar-refractivity contribution in [3.8, 4) is 0 Å². The van der Waals surface area contributed by atoms with Gasteiger partial charge in [-0.2, -0.15) is 0 Å². The molecule has 0 radical (unpaired) electrons. The van der Waals surface area contributed by atoms with Gasteiger partial charge in [-0.25, -0.2) is 0 Å². The first-order chi connectivity index (χ1) is 9.22. The zero-order valence-corrected chi connectivity index (χ0v) is 12.4. The van der Waals surface area contributed by atoms with E-state index in [1.807, 2.05) is 24.3 Å². The lowest BCUT2D eigenvalue weighted by molar-refractivity contribution is -0.129. The van der Waals surface area contributed by atoms with Crippen molar-refractivity contribution in [3.63, 3.8) is 0 Å². The van der Waals surface area contributed by atoms with E-state index < -0.39 is 0 Å². The van der Waals surface area contributed by atoms with Gasteiger partial charge in [0, 0.05) is 22.5 Å². The van der Waals surface area contributed by atoms with Gasteiger partial charge in [-0.05, 0) is 55.9 Å². The van der Waals surface area contributed by atoms with Crippen LogP contribution in [0.15, 0.2) is 29.2 Å². The lowest BCUT2D eigenvalue weighted by Crippen LogP contribution is -2.36. The Morgan fingerprint density at radius 3 is 2.47 bits per heavy atom. The molecule has 1 aromatic rings. The van der Waals surface area contributed by atoms with E-state index in [1.54, 1.807) is 11.8 Å². The first-order valence-electron chi connectivity index (χ1n) is 6.90. The maximum Gasteiger partial charge on any atom is 0.233 e. The maximum absolute atomic E-state index is 12.3. The number of nitrogens with zero attached hydrogens (tertiary/aromatic N) is 1. The largest absolute Gasteiger partial charge is 0.339 e. The summed E-state index contributed by atoms with van der Waals surface area (Å²) in [4.78, 5) is 15.5. The highest BCUT2D eigenvalue weighted by Crippen LogP contribution is 2.35. The predicted molar refractivity (Wildman–Crippen MR) is 79.6 cm³/mol. The van der Waals surface area contributed by atoms with E-state index in [1.165, 1.54) is 25.7 Å². The molecule has 1 amide bonds. The van der Waals surface area contributed by atoms with Crippen molar-refractivity contribution in [3.05, 3.63) is 29.3 Å². The molecule has 2 fully saturated rings. The van der Waals surface area contributed by atoms with Crippen molar-refractivity contribution in [2.75, 3.05) is 12.3 Å². The van der Waals surface area contributed by atoms with E-state index in [0.717, 1.165) is 22.4 Å². The minimum atomic E-state index is 0.300. The Morgan fingerprint density at radius 2 is 1.89 bits per heavy atom. The van der Waals surface area contributed by atoms with Gasteiger partial charge in [-0.3, -0.25) is 4.79 Å². The van der Waals surface area contributed by atoms with Crippen LogP contribution in [0.5, 0.6) is 0 Å². The molecule has 0 aliphatic heterocycles. The molecule has 1 aromatic carbocycles. The first-order valence-corrected chi connectivity index (χ1v) is 8.26. The smallest absolute Gasteiger partial charge is 0.233 e. The molecular weight excluding hydrogens is 278 g/mol. The van der Waals surface area contributed by atoms with E-state index in [2.05, 4.69) is 4.90 Å². The molecule has 0 aromatic heterocycles. The zero-order valence-electron chi connectivity index (χ0n) is 10.8. The van der Waals surface area contributed by atoms with Crippen LogP contribution in [0.4, 0.5) is 0 Å². The van der Waals surface area contributed by atoms with Crippen LogP contribution in [0.3, 0.4) is 0 Å². The molecule has 19 heavy (non-hydrogen) atoms. The monoisotopic (exact) mass is 295 g/mol. The molecule has 0 spiro atoms. The Kier molecular flexibility index (Phi) is 4.04. The maximum atomic E-state index is 12.3. The summed E-state index contributed by atoms with van der Waals surface area (Å²) in [6.45, 7) is 0.991. The third kappa shape index (κ3) is 3.90. The van der Waals surface area contributed by atoms with Gasteiger partial charge in [0.15, 0.2) is 0 Å². The molecule has 0 heterocycles. The van der Waals surface area contributed by atoms with Crippen LogP contribution in [-0.2, 0) is 4.79 Å². The normalized spacial score (nSPS) is 18.4. The second kappa shape index (κ2) is 5.76. The molecular formula is C15H18ClNOS. The van der Waals surface area contributed by atoms with Gasteiger partial charge in [-0.15, -0.1) is 11.8 Å². The topological polar surface area (TPSA) is 20.3 Å². The fourth-order valence-electron chi connectivity index (χ4n) is 2.18. The Hall–Kier alpha value is -0.670. The van der Waals surface area contributed by atoms with E-state index in [-0.39, 0.29) is 0 Å². The number of hydrogen-bond acceptors (Lipinski definition) is 2. The van der Waals surface area contributed by atoms with Crippen LogP contribution in [-0.4, -0.2) is 29.1 Å². The Labute approximate surface area is 123 Å². The minimum absolute atomic E-state index is 0.300. The summed E-state index contributed by atoms with van der Waals surface area (Å²) >= 11 is 7.46. The van der Waals surface area contributed by atoms with Crippen LogP contribution < -0.4 is 0 Å². The van der Waals surface area contributed by atoms with Crippen LogP contribution in [0.1, 0.15) is 25.7 Å². The Bertz CT molecular complexity index is 454. The van der Waals surface area contributed by atoms with Crippen molar-refractivity contribution in [1.82, 2.24) is 4.90 Å². The average Bonchev–Trinajstić information content (AvgIpc) is 3.27. The standard InChI is InChI=1S/C15H18ClNOS/c16-12-3-7-14(8-4-12)19-10-15(18)17(13-5-6-13)9-11-1-2-11/h3-4,7-8,11,13H,1-2,5-6,9-10H2. The number of carbonyl (C=O) groups excluding carboxylic acids is 1. The fourth-order valence-corrected chi connectivity index (χ4v) is 3.09. The molecule has 0 atom stereocenters. The molecule has 0 unspecified atom stereocenters. The summed E-state index contributed by atoms with van der Waals surface area (Å²) in [7, 11) is 0. The summed E-state index contributed by atoms with van der Waals surface area (Å²) in [6, 6.07) is 8.23. The second-order valence-corrected chi connectivity index (χ2v) is 6.95. The molecule has 2 aliphatic carbocycles. The highest BCUT2D eigenvalue weighted by Gasteiger charge is 2.36. The van der Waals surface area contributed by atoms with Crippen molar-refractivity contribution in [2.45, 2.75) is 36.6 Å². The van der Waals surface area contributed by atoms with Crippen molar-refractivity contribution in [1.29, 1.82) is 0 Å². The molecule has 2 saturated carbocycles. The van der Waals surface area contributed by atoms with Crippen molar-refractivity contribution < 1.29 is 4.79 Å². The molecule has 102 valence electrons. The lowest BCUT2D eigenvalue weighted by Gasteiger charge is -2.22. The summed E-state index contributed by atoms with van der Waals surface area (Å²) in [5, 5.41) is 0.740. The predicted octanol–water partition coefficient (Wildman–Crippen LogP) is 3.83. The van der Waals surface area contributed by atoms with E-state index >= 15 is 0 Å². The minimum Gasteiger partial charge on any atom is -0.339 e. The third-order valence-corrected chi connectivity index (χ3v) is 4.88. The van der Waals surface area contributed by atoms with Gasteiger partial charge in [0.2, 0.25) is 5.91 Å². The number of hydrogen-bond donors (Lipinski definition) is 0. The van der Waals surface area contributed by atoms with E-state index in [4.69, 9.17) is 11.6 Å². The van der Waals surface area contributed by atoms with Crippen molar-refractivity contribution in [2.24, 2.45) is 5.92 Å². The molecule has 0 saturated heterocycles. The average molecular weight is 296 g/mol. The summed E-state index contributed by atoms with van der Waals surface area (Å²) in [6.07, 6.45) is 5.01. The van der Waals surface area contributed by atoms with E-state index in [9.17, 15) is 4.79 Å². The number of halogens is 1. The SMILES string of the molecule is O=C(CSc1ccc(Cl)cc1)N(CC1CC1)C1CC1. The lowest BCUT2D eigenvalue weighted by atomic mass is 10.3. The quantitative estimate of drug-likeness (QED) is 0.743. The molecule has 0 N–H and O–H groups in total. The fraction of sp³-hybridized carbons (Fsp3) is 0.533. The van der Waals surface area contributed by atoms with Gasteiger partial charge < -0.3 is 4.90 Å². The van der Waals surface area contributed by atoms with Gasteiger partial charge in [0.05, 0.1) is 5.75 Å².